The minimum atomic E-state index is 0.0764. The molecule has 1 aromatic carbocycles. The predicted molar refractivity (Wildman–Crippen MR) is 119 cm³/mol. The summed E-state index contributed by atoms with van der Waals surface area (Å²) in [5, 5.41) is 7.40. The SMILES string of the molecule is CCOCCCNC(=O)CCCNc1ncnc2sc(C)c(-c3ccccc3)c12. The highest BCUT2D eigenvalue weighted by atomic mass is 32.1. The van der Waals surface area contributed by atoms with Crippen molar-refractivity contribution in [2.45, 2.75) is 33.1 Å². The largest absolute Gasteiger partial charge is 0.382 e. The van der Waals surface area contributed by atoms with E-state index in [1.165, 1.54) is 16.0 Å². The summed E-state index contributed by atoms with van der Waals surface area (Å²) in [7, 11) is 0. The Morgan fingerprint density at radius 1 is 1.14 bits per heavy atom. The van der Waals surface area contributed by atoms with E-state index in [1.54, 1.807) is 17.7 Å². The van der Waals surface area contributed by atoms with Gasteiger partial charge >= 0.3 is 0 Å². The summed E-state index contributed by atoms with van der Waals surface area (Å²) in [5.41, 5.74) is 2.35. The van der Waals surface area contributed by atoms with Crippen molar-refractivity contribution in [1.82, 2.24) is 15.3 Å². The van der Waals surface area contributed by atoms with E-state index in [-0.39, 0.29) is 5.91 Å². The van der Waals surface area contributed by atoms with Crippen molar-refractivity contribution in [2.75, 3.05) is 31.6 Å². The second-order valence-electron chi connectivity index (χ2n) is 6.73. The molecule has 0 fully saturated rings. The van der Waals surface area contributed by atoms with Crippen molar-refractivity contribution in [2.24, 2.45) is 0 Å². The molecule has 1 amide bonds. The van der Waals surface area contributed by atoms with Crippen LogP contribution in [0.4, 0.5) is 5.82 Å². The van der Waals surface area contributed by atoms with Crippen molar-refractivity contribution in [3.8, 4) is 11.1 Å². The van der Waals surface area contributed by atoms with Crippen LogP contribution < -0.4 is 10.6 Å². The fraction of sp³-hybridized carbons (Fsp3) is 0.409. The molecule has 0 saturated heterocycles. The molecule has 2 N–H and O–H groups in total. The molecule has 3 aromatic rings. The van der Waals surface area contributed by atoms with Gasteiger partial charge in [0.05, 0.1) is 5.39 Å². The standard InChI is InChI=1S/C22H28N4O2S/c1-3-28-14-8-13-23-18(27)11-7-12-24-21-20-19(17-9-5-4-6-10-17)16(2)29-22(20)26-15-25-21/h4-6,9-10,15H,3,7-8,11-14H2,1-2H3,(H,23,27)(H,24,25,26). The highest BCUT2D eigenvalue weighted by Gasteiger charge is 2.16. The van der Waals surface area contributed by atoms with Crippen LogP contribution in [0.1, 0.15) is 31.1 Å². The van der Waals surface area contributed by atoms with E-state index in [9.17, 15) is 4.79 Å². The van der Waals surface area contributed by atoms with Crippen molar-refractivity contribution in [1.29, 1.82) is 0 Å². The molecule has 0 aliphatic heterocycles. The number of carbonyl (C=O) groups excluding carboxylic acids is 1. The Morgan fingerprint density at radius 2 is 1.97 bits per heavy atom. The van der Waals surface area contributed by atoms with Crippen molar-refractivity contribution >= 4 is 33.3 Å². The third-order valence-electron chi connectivity index (χ3n) is 4.59. The van der Waals surface area contributed by atoms with Gasteiger partial charge in [0, 0.05) is 43.2 Å². The van der Waals surface area contributed by atoms with Crippen LogP contribution in [-0.2, 0) is 9.53 Å². The molecule has 0 bridgehead atoms. The first-order chi connectivity index (χ1) is 14.2. The molecule has 0 unspecified atom stereocenters. The molecular formula is C22H28N4O2S. The Hall–Kier alpha value is -2.51. The Labute approximate surface area is 175 Å². The van der Waals surface area contributed by atoms with Gasteiger partial charge in [-0.15, -0.1) is 11.3 Å². The number of nitrogens with one attached hydrogen (secondary N) is 2. The maximum absolute atomic E-state index is 11.9. The topological polar surface area (TPSA) is 76.1 Å². The molecule has 0 aliphatic carbocycles. The Bertz CT molecular complexity index is 927. The normalized spacial score (nSPS) is 11.0. The summed E-state index contributed by atoms with van der Waals surface area (Å²) in [6, 6.07) is 10.3. The summed E-state index contributed by atoms with van der Waals surface area (Å²) in [4.78, 5) is 23.1. The lowest BCUT2D eigenvalue weighted by Gasteiger charge is -2.09. The van der Waals surface area contributed by atoms with Crippen LogP contribution in [0.25, 0.3) is 21.3 Å². The molecule has 3 rings (SSSR count). The Morgan fingerprint density at radius 3 is 2.76 bits per heavy atom. The second kappa shape index (κ2) is 10.9. The van der Waals surface area contributed by atoms with Gasteiger partial charge in [-0.1, -0.05) is 30.3 Å². The molecule has 0 saturated carbocycles. The molecule has 2 aromatic heterocycles. The van der Waals surface area contributed by atoms with Crippen LogP contribution >= 0.6 is 11.3 Å². The Kier molecular flexibility index (Phi) is 7.95. The number of ether oxygens (including phenoxy) is 1. The second-order valence-corrected chi connectivity index (χ2v) is 7.94. The Balaban J connectivity index is 1.58. The fourth-order valence-corrected chi connectivity index (χ4v) is 4.23. The van der Waals surface area contributed by atoms with E-state index in [2.05, 4.69) is 39.7 Å². The molecule has 0 radical (unpaired) electrons. The first-order valence-corrected chi connectivity index (χ1v) is 10.9. The van der Waals surface area contributed by atoms with Gasteiger partial charge in [0.15, 0.2) is 0 Å². The number of hydrogen-bond acceptors (Lipinski definition) is 6. The van der Waals surface area contributed by atoms with Gasteiger partial charge in [0.2, 0.25) is 5.91 Å². The number of benzene rings is 1. The number of hydrogen-bond donors (Lipinski definition) is 2. The van der Waals surface area contributed by atoms with E-state index in [1.807, 2.05) is 25.1 Å². The summed E-state index contributed by atoms with van der Waals surface area (Å²) in [6.45, 7) is 6.83. The van der Waals surface area contributed by atoms with E-state index in [4.69, 9.17) is 4.74 Å². The van der Waals surface area contributed by atoms with Crippen LogP contribution in [0.15, 0.2) is 36.7 Å². The number of aromatic nitrogens is 2. The molecule has 2 heterocycles. The quantitative estimate of drug-likeness (QED) is 0.457. The number of aryl methyl sites for hydroxylation is 1. The number of nitrogens with zero attached hydrogens (tertiary/aromatic N) is 2. The maximum atomic E-state index is 11.9. The number of carbonyl (C=O) groups is 1. The van der Waals surface area contributed by atoms with Gasteiger partial charge in [0.1, 0.15) is 17.0 Å². The smallest absolute Gasteiger partial charge is 0.220 e. The molecule has 29 heavy (non-hydrogen) atoms. The zero-order valence-corrected chi connectivity index (χ0v) is 17.8. The molecule has 0 aliphatic rings. The zero-order chi connectivity index (χ0) is 20.5. The van der Waals surface area contributed by atoms with Gasteiger partial charge in [-0.05, 0) is 32.3 Å². The van der Waals surface area contributed by atoms with Crippen molar-refractivity contribution < 1.29 is 9.53 Å². The number of amides is 1. The van der Waals surface area contributed by atoms with Crippen LogP contribution in [0, 0.1) is 6.92 Å². The van der Waals surface area contributed by atoms with E-state index in [0.717, 1.165) is 28.9 Å². The zero-order valence-electron chi connectivity index (χ0n) is 17.0. The monoisotopic (exact) mass is 412 g/mol. The summed E-state index contributed by atoms with van der Waals surface area (Å²) < 4.78 is 5.27. The van der Waals surface area contributed by atoms with Crippen LogP contribution in [-0.4, -0.2) is 42.2 Å². The lowest BCUT2D eigenvalue weighted by molar-refractivity contribution is -0.121. The lowest BCUT2D eigenvalue weighted by atomic mass is 10.0. The molecular weight excluding hydrogens is 384 g/mol. The highest BCUT2D eigenvalue weighted by Crippen LogP contribution is 2.40. The predicted octanol–water partition coefficient (Wildman–Crippen LogP) is 4.40. The van der Waals surface area contributed by atoms with Crippen LogP contribution in [0.2, 0.25) is 0 Å². The molecule has 7 heteroatoms. The third-order valence-corrected chi connectivity index (χ3v) is 5.60. The van der Waals surface area contributed by atoms with Gasteiger partial charge in [0.25, 0.3) is 0 Å². The molecule has 0 spiro atoms. The van der Waals surface area contributed by atoms with E-state index in [0.29, 0.717) is 32.7 Å². The van der Waals surface area contributed by atoms with Gasteiger partial charge in [-0.25, -0.2) is 9.97 Å². The first-order valence-electron chi connectivity index (χ1n) is 10.1. The highest BCUT2D eigenvalue weighted by molar-refractivity contribution is 7.19. The molecule has 0 atom stereocenters. The van der Waals surface area contributed by atoms with E-state index >= 15 is 0 Å². The van der Waals surface area contributed by atoms with Crippen LogP contribution in [0.5, 0.6) is 0 Å². The average Bonchev–Trinajstić information content (AvgIpc) is 3.08. The molecule has 154 valence electrons. The van der Waals surface area contributed by atoms with Crippen molar-refractivity contribution in [3.63, 3.8) is 0 Å². The number of fused-ring (bicyclic) bond motifs is 1. The van der Waals surface area contributed by atoms with Gasteiger partial charge in [-0.3, -0.25) is 4.79 Å². The fourth-order valence-electron chi connectivity index (χ4n) is 3.22. The van der Waals surface area contributed by atoms with Crippen LogP contribution in [0.3, 0.4) is 0 Å². The summed E-state index contributed by atoms with van der Waals surface area (Å²) in [5.74, 6) is 0.905. The minimum absolute atomic E-state index is 0.0764. The first kappa shape index (κ1) is 21.2. The average molecular weight is 413 g/mol. The van der Waals surface area contributed by atoms with Gasteiger partial charge < -0.3 is 15.4 Å². The summed E-state index contributed by atoms with van der Waals surface area (Å²) >= 11 is 1.68. The minimum Gasteiger partial charge on any atom is -0.382 e. The number of thiophene rings is 1. The maximum Gasteiger partial charge on any atom is 0.220 e. The number of anilines is 1. The lowest BCUT2D eigenvalue weighted by Crippen LogP contribution is -2.25. The van der Waals surface area contributed by atoms with Gasteiger partial charge in [-0.2, -0.15) is 0 Å². The number of rotatable bonds is 11. The van der Waals surface area contributed by atoms with Crippen molar-refractivity contribution in [3.05, 3.63) is 41.5 Å². The third kappa shape index (κ3) is 5.74. The molecule has 6 nitrogen and oxygen atoms in total. The van der Waals surface area contributed by atoms with E-state index < -0.39 is 0 Å². The summed E-state index contributed by atoms with van der Waals surface area (Å²) in [6.07, 6.45) is 3.67.